The number of hydrogen-bond acceptors (Lipinski definition) is 3. The molecule has 2 aliphatic heterocycles. The summed E-state index contributed by atoms with van der Waals surface area (Å²) in [7, 11) is 4.26. The second-order valence-electron chi connectivity index (χ2n) is 6.48. The Bertz CT molecular complexity index is 289. The molecule has 2 fully saturated rings. The van der Waals surface area contributed by atoms with Gasteiger partial charge in [0.05, 0.1) is 0 Å². The number of nitrogens with one attached hydrogen (secondary N) is 1. The lowest BCUT2D eigenvalue weighted by molar-refractivity contribution is -0.132. The van der Waals surface area contributed by atoms with Crippen LogP contribution in [-0.2, 0) is 4.79 Å². The molecule has 126 valence electrons. The van der Waals surface area contributed by atoms with Crippen molar-refractivity contribution in [2.24, 2.45) is 11.8 Å². The summed E-state index contributed by atoms with van der Waals surface area (Å²) in [5.74, 6) is 1.89. The van der Waals surface area contributed by atoms with Gasteiger partial charge in [0.25, 0.3) is 0 Å². The second kappa shape index (κ2) is 10.7. The molecule has 0 spiro atoms. The van der Waals surface area contributed by atoms with Crippen LogP contribution in [0.1, 0.15) is 32.1 Å². The highest BCUT2D eigenvalue weighted by molar-refractivity contribution is 5.85. The summed E-state index contributed by atoms with van der Waals surface area (Å²) in [6.07, 6.45) is 5.43. The molecule has 1 N–H and O–H groups in total. The van der Waals surface area contributed by atoms with Crippen LogP contribution in [0.5, 0.6) is 0 Å². The van der Waals surface area contributed by atoms with E-state index in [0.717, 1.165) is 57.4 Å². The molecule has 0 saturated carbocycles. The smallest absolute Gasteiger partial charge is 0.222 e. The van der Waals surface area contributed by atoms with E-state index in [1.165, 1.54) is 19.3 Å². The van der Waals surface area contributed by atoms with Crippen molar-refractivity contribution in [2.75, 3.05) is 46.8 Å². The van der Waals surface area contributed by atoms with E-state index in [-0.39, 0.29) is 24.8 Å². The van der Waals surface area contributed by atoms with Crippen molar-refractivity contribution >= 4 is 30.7 Å². The predicted molar refractivity (Wildman–Crippen MR) is 92.6 cm³/mol. The molecule has 0 aromatic heterocycles. The van der Waals surface area contributed by atoms with E-state index in [4.69, 9.17) is 0 Å². The van der Waals surface area contributed by atoms with Gasteiger partial charge in [0.15, 0.2) is 0 Å². The third-order valence-corrected chi connectivity index (χ3v) is 4.52. The largest absolute Gasteiger partial charge is 0.343 e. The molecule has 2 rings (SSSR count). The minimum Gasteiger partial charge on any atom is -0.343 e. The fourth-order valence-electron chi connectivity index (χ4n) is 3.33. The standard InChI is InChI=1S/C15H29N3O.2ClH/c1-17(2)12-14-6-9-18(10-7-14)15(19)4-3-13-5-8-16-11-13;;/h13-14,16H,3-12H2,1-2H3;2*1H. The Morgan fingerprint density at radius 2 is 1.81 bits per heavy atom. The Balaban J connectivity index is 0.00000200. The number of amides is 1. The molecular formula is C15H31Cl2N3O. The molecular weight excluding hydrogens is 309 g/mol. The topological polar surface area (TPSA) is 35.6 Å². The van der Waals surface area contributed by atoms with Gasteiger partial charge in [-0.1, -0.05) is 0 Å². The van der Waals surface area contributed by atoms with Crippen molar-refractivity contribution in [2.45, 2.75) is 32.1 Å². The molecule has 21 heavy (non-hydrogen) atoms. The van der Waals surface area contributed by atoms with Gasteiger partial charge in [-0.2, -0.15) is 0 Å². The van der Waals surface area contributed by atoms with E-state index < -0.39 is 0 Å². The zero-order valence-electron chi connectivity index (χ0n) is 13.3. The van der Waals surface area contributed by atoms with Gasteiger partial charge in [-0.3, -0.25) is 4.79 Å². The predicted octanol–water partition coefficient (Wildman–Crippen LogP) is 2.02. The maximum absolute atomic E-state index is 12.2. The zero-order chi connectivity index (χ0) is 13.7. The van der Waals surface area contributed by atoms with E-state index in [1.807, 2.05) is 0 Å². The Kier molecular flexibility index (Phi) is 10.6. The van der Waals surface area contributed by atoms with E-state index in [9.17, 15) is 4.79 Å². The molecule has 2 saturated heterocycles. The monoisotopic (exact) mass is 339 g/mol. The van der Waals surface area contributed by atoms with Crippen LogP contribution in [0.25, 0.3) is 0 Å². The van der Waals surface area contributed by atoms with Crippen molar-refractivity contribution in [3.8, 4) is 0 Å². The normalized spacial score (nSPS) is 22.8. The molecule has 0 aromatic rings. The number of halogens is 2. The minimum absolute atomic E-state index is 0. The summed E-state index contributed by atoms with van der Waals surface area (Å²) >= 11 is 0. The van der Waals surface area contributed by atoms with Crippen LogP contribution in [0.15, 0.2) is 0 Å². The van der Waals surface area contributed by atoms with Crippen molar-refractivity contribution in [3.05, 3.63) is 0 Å². The van der Waals surface area contributed by atoms with Gasteiger partial charge in [0.1, 0.15) is 0 Å². The molecule has 1 atom stereocenters. The van der Waals surface area contributed by atoms with Gasteiger partial charge in [-0.05, 0) is 64.7 Å². The van der Waals surface area contributed by atoms with Crippen LogP contribution in [0.2, 0.25) is 0 Å². The highest BCUT2D eigenvalue weighted by atomic mass is 35.5. The number of carbonyl (C=O) groups excluding carboxylic acids is 1. The summed E-state index contributed by atoms with van der Waals surface area (Å²) in [6.45, 7) is 5.35. The van der Waals surface area contributed by atoms with Gasteiger partial charge in [0, 0.05) is 26.1 Å². The SMILES string of the molecule is CN(C)CC1CCN(C(=O)CCC2CCNC2)CC1.Cl.Cl. The highest BCUT2D eigenvalue weighted by Gasteiger charge is 2.24. The molecule has 4 nitrogen and oxygen atoms in total. The Morgan fingerprint density at radius 1 is 1.14 bits per heavy atom. The number of rotatable bonds is 5. The fraction of sp³-hybridized carbons (Fsp3) is 0.933. The number of piperidine rings is 1. The van der Waals surface area contributed by atoms with E-state index in [1.54, 1.807) is 0 Å². The van der Waals surface area contributed by atoms with Crippen molar-refractivity contribution in [1.29, 1.82) is 0 Å². The third-order valence-electron chi connectivity index (χ3n) is 4.52. The number of nitrogens with zero attached hydrogens (tertiary/aromatic N) is 2. The average Bonchev–Trinajstić information content (AvgIpc) is 2.89. The van der Waals surface area contributed by atoms with E-state index in [2.05, 4.69) is 29.2 Å². The second-order valence-corrected chi connectivity index (χ2v) is 6.48. The molecule has 2 heterocycles. The lowest BCUT2D eigenvalue weighted by Gasteiger charge is -2.33. The molecule has 1 amide bonds. The van der Waals surface area contributed by atoms with E-state index >= 15 is 0 Å². The maximum atomic E-state index is 12.2. The zero-order valence-corrected chi connectivity index (χ0v) is 15.0. The van der Waals surface area contributed by atoms with Gasteiger partial charge in [0.2, 0.25) is 5.91 Å². The number of carbonyl (C=O) groups is 1. The minimum atomic E-state index is 0. The highest BCUT2D eigenvalue weighted by Crippen LogP contribution is 2.20. The first kappa shape index (κ1) is 21.0. The first-order valence-corrected chi connectivity index (χ1v) is 7.78. The summed E-state index contributed by atoms with van der Waals surface area (Å²) in [5, 5.41) is 3.37. The molecule has 2 aliphatic rings. The van der Waals surface area contributed by atoms with Crippen LogP contribution < -0.4 is 5.32 Å². The summed E-state index contributed by atoms with van der Waals surface area (Å²) in [5.41, 5.74) is 0. The van der Waals surface area contributed by atoms with Crippen LogP contribution in [0.4, 0.5) is 0 Å². The molecule has 0 aliphatic carbocycles. The van der Waals surface area contributed by atoms with Gasteiger partial charge in [-0.15, -0.1) is 24.8 Å². The Hall–Kier alpha value is -0.0300. The fourth-order valence-corrected chi connectivity index (χ4v) is 3.33. The van der Waals surface area contributed by atoms with Crippen LogP contribution in [-0.4, -0.2) is 62.5 Å². The Morgan fingerprint density at radius 3 is 2.33 bits per heavy atom. The summed E-state index contributed by atoms with van der Waals surface area (Å²) in [4.78, 5) is 16.5. The van der Waals surface area contributed by atoms with Gasteiger partial charge in [-0.25, -0.2) is 0 Å². The van der Waals surface area contributed by atoms with Gasteiger partial charge >= 0.3 is 0 Å². The summed E-state index contributed by atoms with van der Waals surface area (Å²) in [6, 6.07) is 0. The van der Waals surface area contributed by atoms with Crippen molar-refractivity contribution in [3.63, 3.8) is 0 Å². The number of likely N-dealkylation sites (tertiary alicyclic amines) is 1. The third kappa shape index (κ3) is 7.18. The molecule has 0 bridgehead atoms. The first-order chi connectivity index (χ1) is 9.15. The van der Waals surface area contributed by atoms with Crippen LogP contribution in [0.3, 0.4) is 0 Å². The molecule has 6 heteroatoms. The summed E-state index contributed by atoms with van der Waals surface area (Å²) < 4.78 is 0. The lowest BCUT2D eigenvalue weighted by atomic mass is 9.95. The lowest BCUT2D eigenvalue weighted by Crippen LogP contribution is -2.40. The van der Waals surface area contributed by atoms with E-state index in [0.29, 0.717) is 5.91 Å². The molecule has 0 radical (unpaired) electrons. The maximum Gasteiger partial charge on any atom is 0.222 e. The molecule has 1 unspecified atom stereocenters. The average molecular weight is 340 g/mol. The van der Waals surface area contributed by atoms with Crippen LogP contribution >= 0.6 is 24.8 Å². The van der Waals surface area contributed by atoms with Crippen molar-refractivity contribution in [1.82, 2.24) is 15.1 Å². The van der Waals surface area contributed by atoms with Crippen molar-refractivity contribution < 1.29 is 4.79 Å². The first-order valence-electron chi connectivity index (χ1n) is 7.78. The van der Waals surface area contributed by atoms with Crippen LogP contribution in [0, 0.1) is 11.8 Å². The quantitative estimate of drug-likeness (QED) is 0.832. The van der Waals surface area contributed by atoms with Gasteiger partial charge < -0.3 is 15.1 Å². The Labute approximate surface area is 141 Å². The molecule has 0 aromatic carbocycles. The number of hydrogen-bond donors (Lipinski definition) is 1.